The van der Waals surface area contributed by atoms with E-state index in [-0.39, 0.29) is 34.9 Å². The molecule has 2 rings (SSSR count). The Kier molecular flexibility index (Phi) is 6.92. The molecule has 0 heterocycles. The van der Waals surface area contributed by atoms with Crippen LogP contribution in [0.1, 0.15) is 38.5 Å². The van der Waals surface area contributed by atoms with Crippen LogP contribution in [0, 0.1) is 11.8 Å². The van der Waals surface area contributed by atoms with Crippen LogP contribution in [0.25, 0.3) is 0 Å². The third-order valence-electron chi connectivity index (χ3n) is 2.88. The van der Waals surface area contributed by atoms with Gasteiger partial charge in [0.25, 0.3) is 0 Å². The summed E-state index contributed by atoms with van der Waals surface area (Å²) in [4.78, 5) is 19.7. The molecule has 0 amide bonds. The van der Waals surface area contributed by atoms with E-state index in [4.69, 9.17) is 0 Å². The van der Waals surface area contributed by atoms with Crippen LogP contribution in [0.4, 0.5) is 0 Å². The van der Waals surface area contributed by atoms with Gasteiger partial charge in [-0.05, 0) is 37.5 Å². The molecule has 0 aromatic rings. The Labute approximate surface area is 105 Å². The van der Waals surface area contributed by atoms with Crippen molar-refractivity contribution in [3.8, 4) is 0 Å². The van der Waals surface area contributed by atoms with Crippen LogP contribution in [-0.4, -0.2) is 35.0 Å². The van der Waals surface area contributed by atoms with E-state index in [0.29, 0.717) is 0 Å². The van der Waals surface area contributed by atoms with E-state index in [1.165, 1.54) is 0 Å². The summed E-state index contributed by atoms with van der Waals surface area (Å²) in [6, 6.07) is 0. The molecule has 2 saturated carbocycles. The summed E-state index contributed by atoms with van der Waals surface area (Å²) >= 11 is 0. The molecule has 2 aliphatic carbocycles. The number of rotatable bonds is 2. The van der Waals surface area contributed by atoms with Crippen LogP contribution < -0.4 is 10.2 Å². The van der Waals surface area contributed by atoms with E-state index in [1.54, 1.807) is 0 Å². The first kappa shape index (κ1) is 14.7. The molecule has 0 bridgehead atoms. The van der Waals surface area contributed by atoms with Crippen molar-refractivity contribution in [2.45, 2.75) is 38.5 Å². The Morgan fingerprint density at radius 1 is 0.800 bits per heavy atom. The van der Waals surface area contributed by atoms with Gasteiger partial charge in [0.2, 0.25) is 0 Å². The molecule has 0 saturated heterocycles. The number of hydrogen-bond donors (Lipinski definition) is 0. The summed E-state index contributed by atoms with van der Waals surface area (Å²) < 4.78 is 0. The zero-order valence-corrected chi connectivity index (χ0v) is 10.2. The van der Waals surface area contributed by atoms with E-state index in [2.05, 4.69) is 0 Å². The first-order valence-electron chi connectivity index (χ1n) is 5.03. The third kappa shape index (κ3) is 4.84. The van der Waals surface area contributed by atoms with Crippen molar-refractivity contribution >= 4 is 35.0 Å². The van der Waals surface area contributed by atoms with Crippen molar-refractivity contribution in [2.75, 3.05) is 0 Å². The summed E-state index contributed by atoms with van der Waals surface area (Å²) in [5.74, 6) is -1.96. The molecule has 4 nitrogen and oxygen atoms in total. The third-order valence-corrected chi connectivity index (χ3v) is 2.88. The molecule has 0 N–H and O–H groups in total. The van der Waals surface area contributed by atoms with Crippen molar-refractivity contribution < 1.29 is 19.8 Å². The first-order chi connectivity index (χ1) is 6.61. The van der Waals surface area contributed by atoms with Crippen molar-refractivity contribution in [1.29, 1.82) is 0 Å². The maximum Gasteiger partial charge on any atom is 2.00 e. The number of carboxylic acid groups (broad SMARTS) is 2. The summed E-state index contributed by atoms with van der Waals surface area (Å²) in [7, 11) is 0. The molecule has 0 aromatic heterocycles. The molecule has 0 aromatic carbocycles. The zero-order chi connectivity index (χ0) is 10.6. The van der Waals surface area contributed by atoms with Gasteiger partial charge in [-0.2, -0.15) is 0 Å². The molecule has 0 radical (unpaired) electrons. The van der Waals surface area contributed by atoms with Crippen molar-refractivity contribution in [3.63, 3.8) is 0 Å². The van der Waals surface area contributed by atoms with Crippen LogP contribution in [0.15, 0.2) is 0 Å². The molecular formula is C10H14MgO4. The predicted molar refractivity (Wildman–Crippen MR) is 50.5 cm³/mol. The normalized spacial score (nSPS) is 19.7. The maximum absolute atomic E-state index is 9.87. The summed E-state index contributed by atoms with van der Waals surface area (Å²) in [5, 5.41) is 19.7. The smallest absolute Gasteiger partial charge is 0.550 e. The second-order valence-corrected chi connectivity index (χ2v) is 3.89. The standard InChI is InChI=1S/2C5H8O2.Mg/c2*6-5(7)4-2-1-3-4;/h2*4H,1-3H2,(H,6,7);/q;;+2/p-2. The van der Waals surface area contributed by atoms with E-state index in [1.807, 2.05) is 0 Å². The zero-order valence-electron chi connectivity index (χ0n) is 8.74. The molecule has 15 heavy (non-hydrogen) atoms. The van der Waals surface area contributed by atoms with Gasteiger partial charge in [-0.25, -0.2) is 0 Å². The summed E-state index contributed by atoms with van der Waals surface area (Å²) in [6.07, 6.45) is 5.48. The summed E-state index contributed by atoms with van der Waals surface area (Å²) in [6.45, 7) is 0. The van der Waals surface area contributed by atoms with Gasteiger partial charge in [0, 0.05) is 11.9 Å². The molecular weight excluding hydrogens is 208 g/mol. The fourth-order valence-electron chi connectivity index (χ4n) is 1.29. The molecule has 0 unspecified atom stereocenters. The molecule has 0 atom stereocenters. The van der Waals surface area contributed by atoms with Gasteiger partial charge in [-0.15, -0.1) is 0 Å². The van der Waals surface area contributed by atoms with Crippen LogP contribution in [0.3, 0.4) is 0 Å². The minimum absolute atomic E-state index is 0. The molecule has 80 valence electrons. The van der Waals surface area contributed by atoms with E-state index >= 15 is 0 Å². The van der Waals surface area contributed by atoms with Crippen LogP contribution in [0.5, 0.6) is 0 Å². The Hall–Kier alpha value is -0.294. The number of carbonyl (C=O) groups is 2. The van der Waals surface area contributed by atoms with E-state index in [0.717, 1.165) is 38.5 Å². The fraction of sp³-hybridized carbons (Fsp3) is 0.800. The van der Waals surface area contributed by atoms with Crippen LogP contribution in [-0.2, 0) is 9.59 Å². The number of carboxylic acids is 2. The SMILES string of the molecule is O=C([O-])C1CCC1.O=C([O-])C1CCC1.[Mg+2]. The number of carbonyl (C=O) groups excluding carboxylic acids is 2. The molecule has 0 spiro atoms. The maximum atomic E-state index is 9.87. The van der Waals surface area contributed by atoms with Gasteiger partial charge >= 0.3 is 23.1 Å². The van der Waals surface area contributed by atoms with Crippen molar-refractivity contribution in [1.82, 2.24) is 0 Å². The minimum atomic E-state index is -0.869. The second kappa shape index (κ2) is 7.06. The molecule has 2 fully saturated rings. The number of aliphatic carboxylic acids is 2. The van der Waals surface area contributed by atoms with Crippen LogP contribution >= 0.6 is 0 Å². The Bertz CT molecular complexity index is 197. The van der Waals surface area contributed by atoms with Crippen molar-refractivity contribution in [2.24, 2.45) is 11.8 Å². The van der Waals surface area contributed by atoms with Gasteiger partial charge in [0.05, 0.1) is 0 Å². The van der Waals surface area contributed by atoms with Crippen molar-refractivity contribution in [3.05, 3.63) is 0 Å². The van der Waals surface area contributed by atoms with E-state index < -0.39 is 11.9 Å². The van der Waals surface area contributed by atoms with Crippen LogP contribution in [0.2, 0.25) is 0 Å². The average molecular weight is 223 g/mol. The Balaban J connectivity index is 0.000000245. The molecule has 2 aliphatic rings. The van der Waals surface area contributed by atoms with Gasteiger partial charge in [-0.3, -0.25) is 0 Å². The van der Waals surface area contributed by atoms with Gasteiger partial charge in [0.1, 0.15) is 0 Å². The quantitative estimate of drug-likeness (QED) is 0.544. The Morgan fingerprint density at radius 3 is 1.07 bits per heavy atom. The monoisotopic (exact) mass is 222 g/mol. The Morgan fingerprint density at radius 2 is 1.07 bits per heavy atom. The number of hydrogen-bond acceptors (Lipinski definition) is 4. The average Bonchev–Trinajstić information content (AvgIpc) is 1.74. The van der Waals surface area contributed by atoms with E-state index in [9.17, 15) is 19.8 Å². The molecule has 5 heteroatoms. The summed E-state index contributed by atoms with van der Waals surface area (Å²) in [5.41, 5.74) is 0. The largest absolute Gasteiger partial charge is 2.00 e. The van der Waals surface area contributed by atoms with Gasteiger partial charge in [0.15, 0.2) is 0 Å². The van der Waals surface area contributed by atoms with Gasteiger partial charge < -0.3 is 19.8 Å². The molecule has 0 aliphatic heterocycles. The second-order valence-electron chi connectivity index (χ2n) is 3.89. The van der Waals surface area contributed by atoms with Gasteiger partial charge in [-0.1, -0.05) is 12.8 Å². The topological polar surface area (TPSA) is 80.3 Å². The fourth-order valence-corrected chi connectivity index (χ4v) is 1.29. The predicted octanol–water partition coefficient (Wildman–Crippen LogP) is -1.31. The first-order valence-corrected chi connectivity index (χ1v) is 5.03. The minimum Gasteiger partial charge on any atom is -0.550 e.